The molecule has 4 heteroatoms. The highest BCUT2D eigenvalue weighted by molar-refractivity contribution is 5.95. The Kier molecular flexibility index (Phi) is 3.88. The number of rotatable bonds is 3. The van der Waals surface area contributed by atoms with Crippen LogP contribution in [-0.2, 0) is 13.1 Å². The second kappa shape index (κ2) is 5.97. The number of nitrogens with one attached hydrogen (secondary N) is 3. The first-order valence-electron chi connectivity index (χ1n) is 7.13. The summed E-state index contributed by atoms with van der Waals surface area (Å²) >= 11 is 0. The van der Waals surface area contributed by atoms with Gasteiger partial charge < -0.3 is 10.6 Å². The van der Waals surface area contributed by atoms with Crippen LogP contribution in [0.4, 0.5) is 5.69 Å². The summed E-state index contributed by atoms with van der Waals surface area (Å²) in [5.74, 6) is -0.0429. The Bertz CT molecular complexity index is 650. The molecule has 3 rings (SSSR count). The lowest BCUT2D eigenvalue weighted by Crippen LogP contribution is -2.28. The molecule has 0 saturated carbocycles. The minimum absolute atomic E-state index is 0.0429. The van der Waals surface area contributed by atoms with Gasteiger partial charge in [0.25, 0.3) is 5.91 Å². The van der Waals surface area contributed by atoms with Gasteiger partial charge in [0, 0.05) is 24.3 Å². The zero-order valence-corrected chi connectivity index (χ0v) is 12.1. The third-order valence-corrected chi connectivity index (χ3v) is 3.67. The molecule has 2 aromatic carbocycles. The normalized spacial score (nSPS) is 13.2. The predicted octanol–water partition coefficient (Wildman–Crippen LogP) is 2.40. The van der Waals surface area contributed by atoms with E-state index in [0.717, 1.165) is 24.5 Å². The molecule has 2 aromatic rings. The van der Waals surface area contributed by atoms with Crippen LogP contribution >= 0.6 is 0 Å². The Morgan fingerprint density at radius 2 is 2.00 bits per heavy atom. The smallest absolute Gasteiger partial charge is 0.251 e. The first kappa shape index (κ1) is 13.6. The Morgan fingerprint density at radius 3 is 2.81 bits per heavy atom. The van der Waals surface area contributed by atoms with Crippen LogP contribution in [0.3, 0.4) is 0 Å². The first-order chi connectivity index (χ1) is 10.2. The number of anilines is 1. The highest BCUT2D eigenvalue weighted by atomic mass is 16.1. The standard InChI is InChI=1S/C17H19N3O/c1-12-2-4-13(5-3-12)9-19-17(21)14-6-7-15-10-18-11-20-16(15)8-14/h2-8,18,20H,9-11H2,1H3,(H,19,21). The number of aryl methyl sites for hydroxylation is 1. The van der Waals surface area contributed by atoms with Crippen molar-refractivity contribution in [2.45, 2.75) is 20.0 Å². The molecule has 1 aliphatic heterocycles. The van der Waals surface area contributed by atoms with Crippen molar-refractivity contribution in [3.05, 3.63) is 64.7 Å². The summed E-state index contributed by atoms with van der Waals surface area (Å²) in [6, 6.07) is 14.0. The van der Waals surface area contributed by atoms with E-state index in [4.69, 9.17) is 0 Å². The van der Waals surface area contributed by atoms with Gasteiger partial charge in [-0.1, -0.05) is 35.9 Å². The Morgan fingerprint density at radius 1 is 1.19 bits per heavy atom. The van der Waals surface area contributed by atoms with Crippen molar-refractivity contribution < 1.29 is 4.79 Å². The Hall–Kier alpha value is -2.33. The fraction of sp³-hybridized carbons (Fsp3) is 0.235. The fourth-order valence-electron chi connectivity index (χ4n) is 2.38. The van der Waals surface area contributed by atoms with Crippen LogP contribution in [0.1, 0.15) is 27.0 Å². The molecule has 1 aliphatic rings. The van der Waals surface area contributed by atoms with E-state index in [2.05, 4.69) is 35.0 Å². The summed E-state index contributed by atoms with van der Waals surface area (Å²) in [5, 5.41) is 9.44. The van der Waals surface area contributed by atoms with E-state index >= 15 is 0 Å². The molecular weight excluding hydrogens is 262 g/mol. The van der Waals surface area contributed by atoms with Gasteiger partial charge in [-0.3, -0.25) is 10.1 Å². The second-order valence-corrected chi connectivity index (χ2v) is 5.32. The molecule has 0 atom stereocenters. The van der Waals surface area contributed by atoms with Gasteiger partial charge in [0.15, 0.2) is 0 Å². The van der Waals surface area contributed by atoms with Crippen LogP contribution < -0.4 is 16.0 Å². The Balaban J connectivity index is 1.66. The van der Waals surface area contributed by atoms with Crippen LogP contribution in [0.5, 0.6) is 0 Å². The van der Waals surface area contributed by atoms with E-state index in [0.29, 0.717) is 12.1 Å². The van der Waals surface area contributed by atoms with E-state index in [1.165, 1.54) is 11.1 Å². The second-order valence-electron chi connectivity index (χ2n) is 5.32. The molecule has 4 nitrogen and oxygen atoms in total. The number of fused-ring (bicyclic) bond motifs is 1. The maximum Gasteiger partial charge on any atom is 0.251 e. The predicted molar refractivity (Wildman–Crippen MR) is 84.1 cm³/mol. The zero-order chi connectivity index (χ0) is 14.7. The third kappa shape index (κ3) is 3.23. The molecule has 0 radical (unpaired) electrons. The van der Waals surface area contributed by atoms with Crippen LogP contribution in [0.2, 0.25) is 0 Å². The zero-order valence-electron chi connectivity index (χ0n) is 12.1. The van der Waals surface area contributed by atoms with Gasteiger partial charge in [0.2, 0.25) is 0 Å². The summed E-state index contributed by atoms with van der Waals surface area (Å²) < 4.78 is 0. The third-order valence-electron chi connectivity index (χ3n) is 3.67. The van der Waals surface area contributed by atoms with Crippen molar-refractivity contribution in [3.8, 4) is 0 Å². The first-order valence-corrected chi connectivity index (χ1v) is 7.13. The number of benzene rings is 2. The molecule has 0 aliphatic carbocycles. The van der Waals surface area contributed by atoms with Crippen molar-refractivity contribution in [1.82, 2.24) is 10.6 Å². The van der Waals surface area contributed by atoms with Crippen molar-refractivity contribution in [1.29, 1.82) is 0 Å². The molecule has 0 saturated heterocycles. The van der Waals surface area contributed by atoms with Gasteiger partial charge in [-0.05, 0) is 30.2 Å². The van der Waals surface area contributed by atoms with Gasteiger partial charge in [-0.15, -0.1) is 0 Å². The van der Waals surface area contributed by atoms with Crippen LogP contribution in [-0.4, -0.2) is 12.6 Å². The summed E-state index contributed by atoms with van der Waals surface area (Å²) in [6.45, 7) is 4.18. The lowest BCUT2D eigenvalue weighted by Gasteiger charge is -2.19. The molecule has 3 N–H and O–H groups in total. The summed E-state index contributed by atoms with van der Waals surface area (Å²) in [6.07, 6.45) is 0. The number of amides is 1. The quantitative estimate of drug-likeness (QED) is 0.810. The van der Waals surface area contributed by atoms with Crippen molar-refractivity contribution in [3.63, 3.8) is 0 Å². The van der Waals surface area contributed by atoms with Gasteiger partial charge >= 0.3 is 0 Å². The van der Waals surface area contributed by atoms with Crippen LogP contribution in [0, 0.1) is 6.92 Å². The largest absolute Gasteiger partial charge is 0.372 e. The van der Waals surface area contributed by atoms with Crippen LogP contribution in [0.25, 0.3) is 0 Å². The maximum absolute atomic E-state index is 12.2. The van der Waals surface area contributed by atoms with Crippen molar-refractivity contribution in [2.75, 3.05) is 12.0 Å². The Labute approximate surface area is 124 Å². The molecule has 0 unspecified atom stereocenters. The SMILES string of the molecule is Cc1ccc(CNC(=O)c2ccc3c(c2)NCNC3)cc1. The summed E-state index contributed by atoms with van der Waals surface area (Å²) in [7, 11) is 0. The van der Waals surface area contributed by atoms with Gasteiger partial charge in [-0.2, -0.15) is 0 Å². The molecule has 1 heterocycles. The molecule has 0 spiro atoms. The minimum atomic E-state index is -0.0429. The van der Waals surface area contributed by atoms with E-state index in [1.807, 2.05) is 30.3 Å². The monoisotopic (exact) mass is 281 g/mol. The fourth-order valence-corrected chi connectivity index (χ4v) is 2.38. The van der Waals surface area contributed by atoms with Gasteiger partial charge in [-0.25, -0.2) is 0 Å². The number of carbonyl (C=O) groups excluding carboxylic acids is 1. The lowest BCUT2D eigenvalue weighted by molar-refractivity contribution is 0.0951. The molecule has 21 heavy (non-hydrogen) atoms. The van der Waals surface area contributed by atoms with E-state index in [1.54, 1.807) is 0 Å². The summed E-state index contributed by atoms with van der Waals surface area (Å²) in [4.78, 5) is 12.2. The average Bonchev–Trinajstić information content (AvgIpc) is 2.53. The van der Waals surface area contributed by atoms with E-state index in [9.17, 15) is 4.79 Å². The molecule has 0 bridgehead atoms. The van der Waals surface area contributed by atoms with Gasteiger partial charge in [0.05, 0.1) is 6.67 Å². The van der Waals surface area contributed by atoms with E-state index < -0.39 is 0 Å². The number of hydrogen-bond acceptors (Lipinski definition) is 3. The lowest BCUT2D eigenvalue weighted by atomic mass is 10.1. The summed E-state index contributed by atoms with van der Waals surface area (Å²) in [5.41, 5.74) is 5.25. The highest BCUT2D eigenvalue weighted by Crippen LogP contribution is 2.19. The highest BCUT2D eigenvalue weighted by Gasteiger charge is 2.11. The van der Waals surface area contributed by atoms with Crippen molar-refractivity contribution >= 4 is 11.6 Å². The molecule has 1 amide bonds. The molecule has 0 fully saturated rings. The number of hydrogen-bond donors (Lipinski definition) is 3. The molecule has 0 aromatic heterocycles. The molecule has 108 valence electrons. The average molecular weight is 281 g/mol. The topological polar surface area (TPSA) is 53.2 Å². The number of carbonyl (C=O) groups is 1. The van der Waals surface area contributed by atoms with E-state index in [-0.39, 0.29) is 5.91 Å². The minimum Gasteiger partial charge on any atom is -0.372 e. The van der Waals surface area contributed by atoms with Crippen molar-refractivity contribution in [2.24, 2.45) is 0 Å². The van der Waals surface area contributed by atoms with Gasteiger partial charge in [0.1, 0.15) is 0 Å². The maximum atomic E-state index is 12.2. The van der Waals surface area contributed by atoms with Crippen LogP contribution in [0.15, 0.2) is 42.5 Å². The molecular formula is C17H19N3O.